The van der Waals surface area contributed by atoms with Crippen LogP contribution in [-0.2, 0) is 6.54 Å². The molecule has 1 aromatic carbocycles. The van der Waals surface area contributed by atoms with Gasteiger partial charge < -0.3 is 24.7 Å². The molecule has 0 saturated carbocycles. The Kier molecular flexibility index (Phi) is 5.40. The van der Waals surface area contributed by atoms with Crippen LogP contribution in [0.4, 0.5) is 11.5 Å². The second-order valence-corrected chi connectivity index (χ2v) is 8.69. The summed E-state index contributed by atoms with van der Waals surface area (Å²) < 4.78 is 13.3. The van der Waals surface area contributed by atoms with E-state index in [0.717, 1.165) is 52.3 Å². The second kappa shape index (κ2) is 7.98. The smallest absolute Gasteiger partial charge is 0.231 e. The van der Waals surface area contributed by atoms with Gasteiger partial charge in [-0.05, 0) is 30.5 Å². The number of nitrogens with two attached hydrogens (primary N) is 1. The summed E-state index contributed by atoms with van der Waals surface area (Å²) in [5, 5.41) is 0.845. The van der Waals surface area contributed by atoms with E-state index in [0.29, 0.717) is 17.3 Å². The van der Waals surface area contributed by atoms with Crippen molar-refractivity contribution in [2.75, 3.05) is 31.5 Å². The summed E-state index contributed by atoms with van der Waals surface area (Å²) in [7, 11) is 4.02. The molecule has 0 atom stereocenters. The minimum Gasteiger partial charge on any atom is -0.454 e. The minimum atomic E-state index is 0.246. The quantitative estimate of drug-likeness (QED) is 0.624. The normalized spacial score (nSPS) is 12.9. The van der Waals surface area contributed by atoms with Crippen LogP contribution in [0.15, 0.2) is 28.5 Å². The number of nitrogen functional groups attached to an aromatic ring is 1. The van der Waals surface area contributed by atoms with Crippen molar-refractivity contribution in [1.82, 2.24) is 19.5 Å². The Morgan fingerprint density at radius 1 is 1.21 bits per heavy atom. The molecule has 0 amide bonds. The summed E-state index contributed by atoms with van der Waals surface area (Å²) in [5.41, 5.74) is 8.54. The Balaban J connectivity index is 1.75. The van der Waals surface area contributed by atoms with Crippen molar-refractivity contribution < 1.29 is 9.47 Å². The first-order valence-electron chi connectivity index (χ1n) is 9.69. The molecule has 1 aliphatic rings. The molecule has 3 aromatic rings. The SMILES string of the molecule is CC(C)CCCn1c(Sc2cc3c(cc2N(C)C)OCO3)nc2c(N)ncnc21. The van der Waals surface area contributed by atoms with Crippen molar-refractivity contribution in [3.8, 4) is 11.5 Å². The maximum atomic E-state index is 6.08. The third kappa shape index (κ3) is 3.91. The molecule has 1 aliphatic heterocycles. The molecular weight excluding hydrogens is 388 g/mol. The molecule has 0 spiro atoms. The zero-order valence-corrected chi connectivity index (χ0v) is 18.0. The lowest BCUT2D eigenvalue weighted by atomic mass is 10.1. The van der Waals surface area contributed by atoms with E-state index in [-0.39, 0.29) is 6.79 Å². The Bertz CT molecular complexity index is 1030. The van der Waals surface area contributed by atoms with Crippen LogP contribution in [-0.4, -0.2) is 40.4 Å². The van der Waals surface area contributed by atoms with Crippen molar-refractivity contribution in [3.05, 3.63) is 18.5 Å². The summed E-state index contributed by atoms with van der Waals surface area (Å²) in [6, 6.07) is 4.01. The fourth-order valence-corrected chi connectivity index (χ4v) is 4.45. The number of ether oxygens (including phenoxy) is 2. The molecule has 8 nitrogen and oxygen atoms in total. The molecule has 2 N–H and O–H groups in total. The van der Waals surface area contributed by atoms with E-state index in [2.05, 4.69) is 33.3 Å². The second-order valence-electron chi connectivity index (χ2n) is 7.68. The van der Waals surface area contributed by atoms with Gasteiger partial charge in [0.1, 0.15) is 6.33 Å². The molecule has 2 aromatic heterocycles. The van der Waals surface area contributed by atoms with Gasteiger partial charge in [0.25, 0.3) is 0 Å². The van der Waals surface area contributed by atoms with E-state index < -0.39 is 0 Å². The highest BCUT2D eigenvalue weighted by atomic mass is 32.2. The number of hydrogen-bond donors (Lipinski definition) is 1. The van der Waals surface area contributed by atoms with Crippen molar-refractivity contribution in [1.29, 1.82) is 0 Å². The molecule has 3 heterocycles. The maximum Gasteiger partial charge on any atom is 0.231 e. The van der Waals surface area contributed by atoms with Crippen LogP contribution in [0.2, 0.25) is 0 Å². The lowest BCUT2D eigenvalue weighted by Crippen LogP contribution is -2.10. The van der Waals surface area contributed by atoms with Crippen LogP contribution in [0, 0.1) is 5.92 Å². The number of hydrogen-bond acceptors (Lipinski definition) is 8. The average molecular weight is 415 g/mol. The van der Waals surface area contributed by atoms with Gasteiger partial charge in [-0.1, -0.05) is 13.8 Å². The lowest BCUT2D eigenvalue weighted by molar-refractivity contribution is 0.174. The lowest BCUT2D eigenvalue weighted by Gasteiger charge is -2.18. The summed E-state index contributed by atoms with van der Waals surface area (Å²) in [5.74, 6) is 2.56. The monoisotopic (exact) mass is 414 g/mol. The molecule has 0 unspecified atom stereocenters. The molecule has 0 bridgehead atoms. The fraction of sp³-hybridized carbons (Fsp3) is 0.450. The van der Waals surface area contributed by atoms with Gasteiger partial charge in [0, 0.05) is 37.7 Å². The van der Waals surface area contributed by atoms with E-state index in [1.54, 1.807) is 11.8 Å². The topological polar surface area (TPSA) is 91.3 Å². The van der Waals surface area contributed by atoms with Crippen molar-refractivity contribution in [2.45, 2.75) is 43.3 Å². The first-order chi connectivity index (χ1) is 13.9. The van der Waals surface area contributed by atoms with Crippen molar-refractivity contribution in [2.24, 2.45) is 5.92 Å². The van der Waals surface area contributed by atoms with E-state index in [4.69, 9.17) is 20.2 Å². The number of fused-ring (bicyclic) bond motifs is 2. The molecule has 0 aliphatic carbocycles. The predicted octanol–water partition coefficient (Wildman–Crippen LogP) is 3.79. The third-order valence-electron chi connectivity index (χ3n) is 4.83. The molecule has 29 heavy (non-hydrogen) atoms. The van der Waals surface area contributed by atoms with Gasteiger partial charge in [0.05, 0.1) is 5.69 Å². The zero-order valence-electron chi connectivity index (χ0n) is 17.2. The minimum absolute atomic E-state index is 0.246. The third-order valence-corrected chi connectivity index (χ3v) is 5.87. The Morgan fingerprint density at radius 3 is 2.69 bits per heavy atom. The standard InChI is InChI=1S/C20H26N6O2S/c1-12(2)6-5-7-26-19-17(18(21)22-10-23-19)24-20(26)29-16-9-15-14(27-11-28-15)8-13(16)25(3)4/h8-10,12H,5-7,11H2,1-4H3,(H2,21,22,23). The van der Waals surface area contributed by atoms with E-state index >= 15 is 0 Å². The van der Waals surface area contributed by atoms with Crippen LogP contribution in [0.1, 0.15) is 26.7 Å². The van der Waals surface area contributed by atoms with E-state index in [1.165, 1.54) is 6.33 Å². The van der Waals surface area contributed by atoms with Crippen LogP contribution in [0.5, 0.6) is 11.5 Å². The number of rotatable bonds is 7. The first kappa shape index (κ1) is 19.6. The van der Waals surface area contributed by atoms with Gasteiger partial charge in [0.2, 0.25) is 6.79 Å². The van der Waals surface area contributed by atoms with Crippen molar-refractivity contribution >= 4 is 34.4 Å². The molecule has 0 fully saturated rings. The van der Waals surface area contributed by atoms with Crippen LogP contribution < -0.4 is 20.1 Å². The zero-order chi connectivity index (χ0) is 20.5. The van der Waals surface area contributed by atoms with Crippen LogP contribution in [0.3, 0.4) is 0 Å². The Morgan fingerprint density at radius 2 is 1.97 bits per heavy atom. The Hall–Kier alpha value is -2.68. The largest absolute Gasteiger partial charge is 0.454 e. The number of aryl methyl sites for hydroxylation is 1. The van der Waals surface area contributed by atoms with Crippen molar-refractivity contribution in [3.63, 3.8) is 0 Å². The number of benzene rings is 1. The highest BCUT2D eigenvalue weighted by molar-refractivity contribution is 7.99. The fourth-order valence-electron chi connectivity index (χ4n) is 3.31. The number of nitrogens with zero attached hydrogens (tertiary/aromatic N) is 5. The number of aromatic nitrogens is 4. The number of imidazole rings is 1. The van der Waals surface area contributed by atoms with E-state index in [9.17, 15) is 0 Å². The summed E-state index contributed by atoms with van der Waals surface area (Å²) in [6.45, 7) is 5.54. The first-order valence-corrected chi connectivity index (χ1v) is 10.5. The summed E-state index contributed by atoms with van der Waals surface area (Å²) in [4.78, 5) is 16.4. The molecule has 9 heteroatoms. The highest BCUT2D eigenvalue weighted by Gasteiger charge is 2.22. The highest BCUT2D eigenvalue weighted by Crippen LogP contribution is 2.44. The predicted molar refractivity (Wildman–Crippen MR) is 115 cm³/mol. The molecule has 0 radical (unpaired) electrons. The molecular formula is C20H26N6O2S. The van der Waals surface area contributed by atoms with Gasteiger partial charge in [-0.25, -0.2) is 15.0 Å². The van der Waals surface area contributed by atoms with Gasteiger partial charge in [-0.15, -0.1) is 0 Å². The van der Waals surface area contributed by atoms with Crippen LogP contribution in [0.25, 0.3) is 11.2 Å². The molecule has 154 valence electrons. The van der Waals surface area contributed by atoms with E-state index in [1.807, 2.05) is 26.2 Å². The number of anilines is 2. The average Bonchev–Trinajstić information content (AvgIpc) is 3.26. The Labute approximate surface area is 174 Å². The van der Waals surface area contributed by atoms with Crippen LogP contribution >= 0.6 is 11.8 Å². The van der Waals surface area contributed by atoms with Gasteiger partial charge in [-0.3, -0.25) is 0 Å². The molecule has 0 saturated heterocycles. The van der Waals surface area contributed by atoms with Gasteiger partial charge >= 0.3 is 0 Å². The summed E-state index contributed by atoms with van der Waals surface area (Å²) >= 11 is 1.58. The molecule has 4 rings (SSSR count). The summed E-state index contributed by atoms with van der Waals surface area (Å²) in [6.07, 6.45) is 3.68. The maximum absolute atomic E-state index is 6.08. The van der Waals surface area contributed by atoms with Gasteiger partial charge in [-0.2, -0.15) is 0 Å². The van der Waals surface area contributed by atoms with Gasteiger partial charge in [0.15, 0.2) is 33.6 Å².